The first-order valence-corrected chi connectivity index (χ1v) is 6.27. The van der Waals surface area contributed by atoms with Crippen molar-refractivity contribution in [1.82, 2.24) is 0 Å². The fraction of sp³-hybridized carbons (Fsp3) is 0.0714. The summed E-state index contributed by atoms with van der Waals surface area (Å²) in [7, 11) is 0. The van der Waals surface area contributed by atoms with E-state index in [0.29, 0.717) is 11.0 Å². The molecule has 0 radical (unpaired) electrons. The zero-order chi connectivity index (χ0) is 13.0. The van der Waals surface area contributed by atoms with E-state index in [9.17, 15) is 4.79 Å². The molecule has 0 atom stereocenters. The summed E-state index contributed by atoms with van der Waals surface area (Å²) in [6, 6.07) is 15.1. The summed E-state index contributed by atoms with van der Waals surface area (Å²) in [5, 5.41) is 12.2. The maximum Gasteiger partial charge on any atom is 0.336 e. The van der Waals surface area contributed by atoms with Crippen LogP contribution < -0.4 is 5.32 Å². The number of hydrogen-bond acceptors (Lipinski definition) is 2. The Bertz CT molecular complexity index is 555. The van der Waals surface area contributed by atoms with Gasteiger partial charge in [-0.2, -0.15) is 0 Å². The van der Waals surface area contributed by atoms with Crippen LogP contribution in [0.1, 0.15) is 15.9 Å². The molecule has 0 fully saturated rings. The molecule has 0 saturated carbocycles. The van der Waals surface area contributed by atoms with Gasteiger partial charge in [0.1, 0.15) is 0 Å². The van der Waals surface area contributed by atoms with Crippen molar-refractivity contribution in [3.05, 3.63) is 64.1 Å². The molecule has 4 heteroatoms. The van der Waals surface area contributed by atoms with Gasteiger partial charge in [-0.25, -0.2) is 4.79 Å². The highest BCUT2D eigenvalue weighted by Crippen LogP contribution is 2.22. The predicted molar refractivity (Wildman–Crippen MR) is 74.9 cm³/mol. The van der Waals surface area contributed by atoms with Gasteiger partial charge < -0.3 is 10.4 Å². The molecule has 0 saturated heterocycles. The van der Waals surface area contributed by atoms with Crippen LogP contribution in [0.2, 0.25) is 0 Å². The first-order chi connectivity index (χ1) is 8.66. The van der Waals surface area contributed by atoms with Crippen molar-refractivity contribution < 1.29 is 9.90 Å². The molecular weight excluding hydrogens is 294 g/mol. The molecule has 0 heterocycles. The second-order valence-electron chi connectivity index (χ2n) is 3.84. The molecule has 18 heavy (non-hydrogen) atoms. The van der Waals surface area contributed by atoms with Crippen molar-refractivity contribution >= 4 is 27.6 Å². The van der Waals surface area contributed by atoms with E-state index in [-0.39, 0.29) is 5.56 Å². The van der Waals surface area contributed by atoms with Gasteiger partial charge in [0.05, 0.1) is 5.56 Å². The first-order valence-electron chi connectivity index (χ1n) is 5.47. The van der Waals surface area contributed by atoms with E-state index in [2.05, 4.69) is 21.2 Å². The number of carboxylic acid groups (broad SMARTS) is 1. The molecule has 0 aromatic heterocycles. The summed E-state index contributed by atoms with van der Waals surface area (Å²) in [5.41, 5.74) is 2.33. The number of hydrogen-bond donors (Lipinski definition) is 2. The van der Waals surface area contributed by atoms with E-state index >= 15 is 0 Å². The van der Waals surface area contributed by atoms with E-state index in [4.69, 9.17) is 5.11 Å². The van der Waals surface area contributed by atoms with Gasteiger partial charge >= 0.3 is 5.97 Å². The maximum absolute atomic E-state index is 10.9. The van der Waals surface area contributed by atoms with Crippen LogP contribution in [0.15, 0.2) is 53.0 Å². The highest BCUT2D eigenvalue weighted by Gasteiger charge is 2.08. The number of rotatable bonds is 4. The molecule has 0 aliphatic heterocycles. The molecule has 0 aliphatic carbocycles. The lowest BCUT2D eigenvalue weighted by molar-refractivity contribution is 0.0696. The van der Waals surface area contributed by atoms with Gasteiger partial charge in [0, 0.05) is 16.7 Å². The fourth-order valence-electron chi connectivity index (χ4n) is 1.60. The van der Waals surface area contributed by atoms with Crippen molar-refractivity contribution in [2.24, 2.45) is 0 Å². The topological polar surface area (TPSA) is 49.3 Å². The summed E-state index contributed by atoms with van der Waals surface area (Å²) >= 11 is 3.25. The number of carboxylic acids is 1. The normalized spacial score (nSPS) is 10.1. The van der Waals surface area contributed by atoms with E-state index in [1.54, 1.807) is 18.2 Å². The maximum atomic E-state index is 10.9. The van der Waals surface area contributed by atoms with Crippen LogP contribution >= 0.6 is 15.9 Å². The van der Waals surface area contributed by atoms with E-state index in [1.165, 1.54) is 5.56 Å². The van der Waals surface area contributed by atoms with Crippen LogP contribution in [0.25, 0.3) is 0 Å². The number of carbonyl (C=O) groups is 1. The Hall–Kier alpha value is -1.81. The van der Waals surface area contributed by atoms with Crippen LogP contribution in [0, 0.1) is 0 Å². The van der Waals surface area contributed by atoms with Crippen LogP contribution in [0.3, 0.4) is 0 Å². The summed E-state index contributed by atoms with van der Waals surface area (Å²) in [6.07, 6.45) is 0. The van der Waals surface area contributed by atoms with Crippen molar-refractivity contribution in [3.63, 3.8) is 0 Å². The highest BCUT2D eigenvalue weighted by molar-refractivity contribution is 9.10. The Balaban J connectivity index is 2.07. The molecule has 0 amide bonds. The number of anilines is 1. The Morgan fingerprint density at radius 2 is 1.89 bits per heavy atom. The van der Waals surface area contributed by atoms with Crippen LogP contribution in [0.4, 0.5) is 5.69 Å². The van der Waals surface area contributed by atoms with Gasteiger partial charge in [-0.15, -0.1) is 0 Å². The van der Waals surface area contributed by atoms with Gasteiger partial charge in [0.25, 0.3) is 0 Å². The monoisotopic (exact) mass is 305 g/mol. The number of nitrogens with one attached hydrogen (secondary N) is 1. The lowest BCUT2D eigenvalue weighted by atomic mass is 10.2. The third-order valence-corrected chi connectivity index (χ3v) is 3.20. The Labute approximate surface area is 114 Å². The van der Waals surface area contributed by atoms with E-state index in [1.807, 2.05) is 30.3 Å². The summed E-state index contributed by atoms with van der Waals surface area (Å²) in [5.74, 6) is -0.934. The summed E-state index contributed by atoms with van der Waals surface area (Å²) in [4.78, 5) is 10.9. The predicted octanol–water partition coefficient (Wildman–Crippen LogP) is 3.76. The lowest BCUT2D eigenvalue weighted by Gasteiger charge is -2.08. The van der Waals surface area contributed by atoms with Gasteiger partial charge in [0.2, 0.25) is 0 Å². The molecule has 3 nitrogen and oxygen atoms in total. The molecule has 0 aliphatic rings. The third-order valence-electron chi connectivity index (χ3n) is 2.54. The van der Waals surface area contributed by atoms with E-state index < -0.39 is 5.97 Å². The number of halogens is 1. The first kappa shape index (κ1) is 12.6. The Kier molecular flexibility index (Phi) is 3.99. The van der Waals surface area contributed by atoms with Crippen molar-refractivity contribution in [3.8, 4) is 0 Å². The number of aromatic carboxylic acids is 1. The Morgan fingerprint density at radius 1 is 1.17 bits per heavy atom. The van der Waals surface area contributed by atoms with Crippen molar-refractivity contribution in [1.29, 1.82) is 0 Å². The minimum Gasteiger partial charge on any atom is -0.478 e. The molecule has 2 N–H and O–H groups in total. The SMILES string of the molecule is O=C(O)c1ccc(NCc2ccccc2)cc1Br. The standard InChI is InChI=1S/C14H12BrNO2/c15-13-8-11(6-7-12(13)14(17)18)16-9-10-4-2-1-3-5-10/h1-8,16H,9H2,(H,17,18). The smallest absolute Gasteiger partial charge is 0.336 e. The molecule has 2 aromatic rings. The van der Waals surface area contributed by atoms with Crippen LogP contribution in [0.5, 0.6) is 0 Å². The number of benzene rings is 2. The van der Waals surface area contributed by atoms with Gasteiger partial charge in [-0.1, -0.05) is 30.3 Å². The largest absolute Gasteiger partial charge is 0.478 e. The molecular formula is C14H12BrNO2. The van der Waals surface area contributed by atoms with Crippen molar-refractivity contribution in [2.45, 2.75) is 6.54 Å². The third kappa shape index (κ3) is 3.11. The molecule has 2 rings (SSSR count). The summed E-state index contributed by atoms with van der Waals surface area (Å²) in [6.45, 7) is 0.708. The zero-order valence-electron chi connectivity index (χ0n) is 9.56. The van der Waals surface area contributed by atoms with Crippen LogP contribution in [-0.4, -0.2) is 11.1 Å². The molecule has 92 valence electrons. The van der Waals surface area contributed by atoms with Gasteiger partial charge in [0.15, 0.2) is 0 Å². The molecule has 0 unspecified atom stereocenters. The minimum absolute atomic E-state index is 0.264. The average Bonchev–Trinajstić information content (AvgIpc) is 2.37. The Morgan fingerprint density at radius 3 is 2.50 bits per heavy atom. The second-order valence-corrected chi connectivity index (χ2v) is 4.69. The molecule has 0 bridgehead atoms. The van der Waals surface area contributed by atoms with E-state index in [0.717, 1.165) is 5.69 Å². The zero-order valence-corrected chi connectivity index (χ0v) is 11.1. The summed E-state index contributed by atoms with van der Waals surface area (Å²) < 4.78 is 0.577. The molecule has 0 spiro atoms. The highest BCUT2D eigenvalue weighted by atomic mass is 79.9. The second kappa shape index (κ2) is 5.69. The van der Waals surface area contributed by atoms with Crippen molar-refractivity contribution in [2.75, 3.05) is 5.32 Å². The minimum atomic E-state index is -0.934. The quantitative estimate of drug-likeness (QED) is 0.904. The van der Waals surface area contributed by atoms with Gasteiger partial charge in [-0.05, 0) is 39.7 Å². The van der Waals surface area contributed by atoms with Gasteiger partial charge in [-0.3, -0.25) is 0 Å². The molecule has 2 aromatic carbocycles. The average molecular weight is 306 g/mol. The fourth-order valence-corrected chi connectivity index (χ4v) is 2.15. The lowest BCUT2D eigenvalue weighted by Crippen LogP contribution is -2.01. The van der Waals surface area contributed by atoms with Crippen LogP contribution in [-0.2, 0) is 6.54 Å².